The zero-order chi connectivity index (χ0) is 33.1. The lowest BCUT2D eigenvalue weighted by Gasteiger charge is -2.22. The second-order valence-electron chi connectivity index (χ2n) is 14.6. The minimum atomic E-state index is -0.146. The van der Waals surface area contributed by atoms with Crippen LogP contribution >= 0.6 is 0 Å². The Bertz CT molecular complexity index is 2660. The summed E-state index contributed by atoms with van der Waals surface area (Å²) in [6, 6.07) is 50.5. The van der Waals surface area contributed by atoms with Crippen molar-refractivity contribution in [1.29, 1.82) is 0 Å². The Labute approximate surface area is 286 Å². The van der Waals surface area contributed by atoms with Gasteiger partial charge in [-0.25, -0.2) is 9.97 Å². The van der Waals surface area contributed by atoms with E-state index in [1.165, 1.54) is 55.3 Å². The number of fused-ring (bicyclic) bond motifs is 10. The van der Waals surface area contributed by atoms with Crippen molar-refractivity contribution < 1.29 is 0 Å². The number of aromatic nitrogens is 3. The first-order valence-electron chi connectivity index (χ1n) is 17.2. The first-order valence-corrected chi connectivity index (χ1v) is 17.2. The molecule has 0 bridgehead atoms. The van der Waals surface area contributed by atoms with Gasteiger partial charge in [0.25, 0.3) is 0 Å². The molecule has 10 rings (SSSR count). The highest BCUT2D eigenvalue weighted by molar-refractivity contribution is 6.14. The van der Waals surface area contributed by atoms with E-state index in [0.29, 0.717) is 5.95 Å². The van der Waals surface area contributed by atoms with Crippen molar-refractivity contribution >= 4 is 21.8 Å². The lowest BCUT2D eigenvalue weighted by molar-refractivity contribution is 0.660. The number of rotatable bonds is 3. The van der Waals surface area contributed by atoms with Crippen LogP contribution in [0.2, 0.25) is 0 Å². The molecule has 0 spiro atoms. The lowest BCUT2D eigenvalue weighted by Crippen LogP contribution is -2.15. The molecule has 0 N–H and O–H groups in total. The fourth-order valence-electron chi connectivity index (χ4n) is 8.85. The number of nitrogens with zero attached hydrogens (tertiary/aromatic N) is 3. The average molecular weight is 630 g/mol. The van der Waals surface area contributed by atoms with Gasteiger partial charge in [0, 0.05) is 32.7 Å². The highest BCUT2D eigenvalue weighted by Gasteiger charge is 2.38. The van der Waals surface area contributed by atoms with Crippen molar-refractivity contribution in [2.24, 2.45) is 0 Å². The highest BCUT2D eigenvalue weighted by atomic mass is 15.2. The number of benzene rings is 6. The molecule has 0 amide bonds. The summed E-state index contributed by atoms with van der Waals surface area (Å²) in [6.45, 7) is 9.39. The van der Waals surface area contributed by atoms with E-state index in [-0.39, 0.29) is 10.8 Å². The van der Waals surface area contributed by atoms with Gasteiger partial charge in [-0.05, 0) is 68.8 Å². The van der Waals surface area contributed by atoms with E-state index in [2.05, 4.69) is 172 Å². The molecule has 0 fully saturated rings. The van der Waals surface area contributed by atoms with Crippen LogP contribution in [0.1, 0.15) is 49.9 Å². The van der Waals surface area contributed by atoms with Crippen LogP contribution in [0, 0.1) is 0 Å². The third-order valence-corrected chi connectivity index (χ3v) is 11.2. The molecule has 8 aromatic rings. The van der Waals surface area contributed by atoms with Crippen LogP contribution in [0.4, 0.5) is 0 Å². The van der Waals surface area contributed by atoms with Crippen LogP contribution in [0.5, 0.6) is 0 Å². The Morgan fingerprint density at radius 3 is 1.82 bits per heavy atom. The molecule has 0 aliphatic heterocycles. The molecule has 2 aliphatic rings. The highest BCUT2D eigenvalue weighted by Crippen LogP contribution is 2.53. The van der Waals surface area contributed by atoms with Gasteiger partial charge < -0.3 is 0 Å². The molecule has 2 aromatic heterocycles. The number of para-hydroxylation sites is 1. The molecule has 49 heavy (non-hydrogen) atoms. The van der Waals surface area contributed by atoms with E-state index in [1.54, 1.807) is 0 Å². The molecule has 0 unspecified atom stereocenters. The molecule has 3 heteroatoms. The van der Waals surface area contributed by atoms with E-state index in [4.69, 9.17) is 9.97 Å². The second kappa shape index (κ2) is 9.87. The summed E-state index contributed by atoms with van der Waals surface area (Å²) >= 11 is 0. The largest absolute Gasteiger partial charge is 0.278 e. The Hall–Kier alpha value is -5.80. The van der Waals surface area contributed by atoms with Crippen LogP contribution in [0.15, 0.2) is 140 Å². The fourth-order valence-corrected chi connectivity index (χ4v) is 8.85. The molecule has 0 radical (unpaired) electrons. The van der Waals surface area contributed by atoms with E-state index < -0.39 is 0 Å². The van der Waals surface area contributed by atoms with Crippen LogP contribution in [-0.4, -0.2) is 14.5 Å². The smallest absolute Gasteiger partial charge is 0.235 e. The van der Waals surface area contributed by atoms with Crippen molar-refractivity contribution in [2.75, 3.05) is 0 Å². The molecule has 2 aliphatic carbocycles. The molecular formula is C46H35N3. The summed E-state index contributed by atoms with van der Waals surface area (Å²) in [5, 5.41) is 2.50. The molecule has 0 saturated heterocycles. The minimum Gasteiger partial charge on any atom is -0.278 e. The van der Waals surface area contributed by atoms with E-state index in [9.17, 15) is 0 Å². The van der Waals surface area contributed by atoms with Gasteiger partial charge in [0.2, 0.25) is 5.95 Å². The Kier molecular flexibility index (Phi) is 5.69. The lowest BCUT2D eigenvalue weighted by atomic mass is 9.80. The zero-order valence-electron chi connectivity index (χ0n) is 28.1. The van der Waals surface area contributed by atoms with Gasteiger partial charge >= 0.3 is 0 Å². The summed E-state index contributed by atoms with van der Waals surface area (Å²) < 4.78 is 2.28. The van der Waals surface area contributed by atoms with Crippen LogP contribution < -0.4 is 0 Å². The van der Waals surface area contributed by atoms with E-state index in [1.807, 2.05) is 0 Å². The van der Waals surface area contributed by atoms with Gasteiger partial charge in [0.15, 0.2) is 0 Å². The summed E-state index contributed by atoms with van der Waals surface area (Å²) in [7, 11) is 0. The van der Waals surface area contributed by atoms with Gasteiger partial charge in [-0.3, -0.25) is 4.57 Å². The third-order valence-electron chi connectivity index (χ3n) is 11.2. The van der Waals surface area contributed by atoms with E-state index in [0.717, 1.165) is 33.5 Å². The van der Waals surface area contributed by atoms with Gasteiger partial charge in [-0.2, -0.15) is 0 Å². The van der Waals surface area contributed by atoms with Crippen LogP contribution in [0.3, 0.4) is 0 Å². The molecule has 6 aromatic carbocycles. The van der Waals surface area contributed by atoms with Gasteiger partial charge in [0.1, 0.15) is 0 Å². The number of hydrogen-bond donors (Lipinski definition) is 0. The number of hydrogen-bond acceptors (Lipinski definition) is 2. The quantitative estimate of drug-likeness (QED) is 0.195. The van der Waals surface area contributed by atoms with Gasteiger partial charge in [-0.1, -0.05) is 143 Å². The summed E-state index contributed by atoms with van der Waals surface area (Å²) in [5.74, 6) is 0.680. The summed E-state index contributed by atoms with van der Waals surface area (Å²) in [6.07, 6.45) is 0. The van der Waals surface area contributed by atoms with Crippen LogP contribution in [-0.2, 0) is 10.8 Å². The predicted molar refractivity (Wildman–Crippen MR) is 202 cm³/mol. The Morgan fingerprint density at radius 1 is 0.449 bits per heavy atom. The van der Waals surface area contributed by atoms with Gasteiger partial charge in [0.05, 0.1) is 22.4 Å². The maximum Gasteiger partial charge on any atom is 0.235 e. The Balaban J connectivity index is 1.24. The molecule has 234 valence electrons. The van der Waals surface area contributed by atoms with E-state index >= 15 is 0 Å². The summed E-state index contributed by atoms with van der Waals surface area (Å²) in [4.78, 5) is 10.7. The topological polar surface area (TPSA) is 30.7 Å². The van der Waals surface area contributed by atoms with Crippen molar-refractivity contribution in [3.05, 3.63) is 162 Å². The monoisotopic (exact) mass is 629 g/mol. The third kappa shape index (κ3) is 3.84. The molecule has 2 heterocycles. The maximum absolute atomic E-state index is 5.42. The minimum absolute atomic E-state index is 0.0996. The SMILES string of the molecule is CC1(C)c2ccccc2-c2ccc(-c3cc(-c4ccccc4)nc(-n4c5ccccc5c5c6c(ccc54)-c4ccccc4C6(C)C)n3)cc21. The molecule has 0 atom stereocenters. The van der Waals surface area contributed by atoms with Crippen molar-refractivity contribution in [1.82, 2.24) is 14.5 Å². The Morgan fingerprint density at radius 2 is 1.04 bits per heavy atom. The zero-order valence-corrected chi connectivity index (χ0v) is 28.1. The standard InChI is InChI=1S/C46H35N3/c1-45(2)35-19-11-8-16-30(35)32-23-22-29(26-37(32)45)39-27-38(28-14-6-5-7-15-28)47-44(48-39)49-40-21-13-10-18-34(40)42-41(49)25-24-33-31-17-9-12-20-36(31)46(3,4)43(33)42/h5-27H,1-4H3. The molecule has 3 nitrogen and oxygen atoms in total. The molecule has 0 saturated carbocycles. The predicted octanol–water partition coefficient (Wildman–Crippen LogP) is 11.5. The fraction of sp³-hybridized carbons (Fsp3) is 0.130. The average Bonchev–Trinajstić information content (AvgIpc) is 3.68. The first-order chi connectivity index (χ1) is 23.8. The molecular weight excluding hydrogens is 595 g/mol. The normalized spacial score (nSPS) is 14.9. The first kappa shape index (κ1) is 28.2. The summed E-state index contributed by atoms with van der Waals surface area (Å²) in [5.41, 5.74) is 16.7. The van der Waals surface area contributed by atoms with Crippen LogP contribution in [0.25, 0.3) is 72.5 Å². The van der Waals surface area contributed by atoms with Crippen molar-refractivity contribution in [3.8, 4) is 50.7 Å². The second-order valence-corrected chi connectivity index (χ2v) is 14.6. The van der Waals surface area contributed by atoms with Crippen molar-refractivity contribution in [2.45, 2.75) is 38.5 Å². The van der Waals surface area contributed by atoms with Gasteiger partial charge in [-0.15, -0.1) is 0 Å². The maximum atomic E-state index is 5.42. The van der Waals surface area contributed by atoms with Crippen molar-refractivity contribution in [3.63, 3.8) is 0 Å².